The van der Waals surface area contributed by atoms with Crippen molar-refractivity contribution in [3.8, 4) is 0 Å². The quantitative estimate of drug-likeness (QED) is 0.351. The van der Waals surface area contributed by atoms with Gasteiger partial charge in [-0.15, -0.1) is 0 Å². The first-order chi connectivity index (χ1) is 7.36. The molecule has 1 saturated heterocycles. The zero-order valence-electron chi connectivity index (χ0n) is 9.18. The predicted octanol–water partition coefficient (Wildman–Crippen LogP) is 0.383. The molecular formula is C10H18O5. The molecule has 5 nitrogen and oxygen atoms in total. The van der Waals surface area contributed by atoms with Crippen LogP contribution >= 0.6 is 0 Å². The molecule has 1 saturated carbocycles. The Kier molecular flexibility index (Phi) is 3.93. The molecule has 0 radical (unpaired) electrons. The standard InChI is InChI=1S/C10H18O5/c1-11-5-13-4-7-3-8-10(15-8)9(7)14-6-12-2/h7-10H,3-6H2,1-2H3/t7-,8+,9-,10+/m0/s1. The fraction of sp³-hybridized carbons (Fsp3) is 1.00. The SMILES string of the molecule is COCOC[C@@H]1C[C@H]2O[C@H]2[C@H]1OCOC. The summed E-state index contributed by atoms with van der Waals surface area (Å²) >= 11 is 0. The van der Waals surface area contributed by atoms with Crippen LogP contribution in [-0.4, -0.2) is 52.7 Å². The van der Waals surface area contributed by atoms with Crippen LogP contribution in [0.15, 0.2) is 0 Å². The molecule has 5 heteroatoms. The molecule has 88 valence electrons. The van der Waals surface area contributed by atoms with E-state index in [-0.39, 0.29) is 12.2 Å². The van der Waals surface area contributed by atoms with Gasteiger partial charge in [-0.2, -0.15) is 0 Å². The molecule has 0 amide bonds. The number of hydrogen-bond donors (Lipinski definition) is 0. The summed E-state index contributed by atoms with van der Waals surface area (Å²) in [4.78, 5) is 0. The van der Waals surface area contributed by atoms with Gasteiger partial charge >= 0.3 is 0 Å². The van der Waals surface area contributed by atoms with Crippen LogP contribution in [0.2, 0.25) is 0 Å². The third kappa shape index (κ3) is 2.68. The second kappa shape index (κ2) is 5.23. The Morgan fingerprint density at radius 2 is 2.00 bits per heavy atom. The summed E-state index contributed by atoms with van der Waals surface area (Å²) in [7, 11) is 3.24. The molecule has 0 aromatic rings. The van der Waals surface area contributed by atoms with Gasteiger partial charge in [-0.05, 0) is 6.42 Å². The first-order valence-electron chi connectivity index (χ1n) is 5.19. The van der Waals surface area contributed by atoms with E-state index in [0.717, 1.165) is 6.42 Å². The van der Waals surface area contributed by atoms with Crippen molar-refractivity contribution in [1.82, 2.24) is 0 Å². The van der Waals surface area contributed by atoms with Crippen LogP contribution in [-0.2, 0) is 23.7 Å². The van der Waals surface area contributed by atoms with Crippen LogP contribution in [0.1, 0.15) is 6.42 Å². The lowest BCUT2D eigenvalue weighted by molar-refractivity contribution is -0.120. The largest absolute Gasteiger partial charge is 0.367 e. The molecule has 0 spiro atoms. The molecule has 0 unspecified atom stereocenters. The summed E-state index contributed by atoms with van der Waals surface area (Å²) in [6, 6.07) is 0. The Morgan fingerprint density at radius 1 is 1.20 bits per heavy atom. The Labute approximate surface area is 89.6 Å². The van der Waals surface area contributed by atoms with Gasteiger partial charge in [-0.1, -0.05) is 0 Å². The number of methoxy groups -OCH3 is 2. The van der Waals surface area contributed by atoms with Crippen molar-refractivity contribution < 1.29 is 23.7 Å². The van der Waals surface area contributed by atoms with Crippen molar-refractivity contribution in [3.63, 3.8) is 0 Å². The van der Waals surface area contributed by atoms with Crippen LogP contribution in [0.4, 0.5) is 0 Å². The summed E-state index contributed by atoms with van der Waals surface area (Å²) in [6.07, 6.45) is 1.77. The minimum Gasteiger partial charge on any atom is -0.367 e. The average molecular weight is 218 g/mol. The second-order valence-corrected chi connectivity index (χ2v) is 3.95. The Hall–Kier alpha value is -0.200. The van der Waals surface area contributed by atoms with Gasteiger partial charge in [0.1, 0.15) is 19.7 Å². The van der Waals surface area contributed by atoms with Crippen molar-refractivity contribution in [1.29, 1.82) is 0 Å². The van der Waals surface area contributed by atoms with Crippen molar-refractivity contribution in [3.05, 3.63) is 0 Å². The number of epoxide rings is 1. The first-order valence-corrected chi connectivity index (χ1v) is 5.19. The molecule has 2 rings (SSSR count). The monoisotopic (exact) mass is 218 g/mol. The van der Waals surface area contributed by atoms with E-state index < -0.39 is 0 Å². The third-order valence-corrected chi connectivity index (χ3v) is 2.86. The highest BCUT2D eigenvalue weighted by Gasteiger charge is 2.56. The molecule has 0 bridgehead atoms. The molecule has 15 heavy (non-hydrogen) atoms. The van der Waals surface area contributed by atoms with Crippen molar-refractivity contribution >= 4 is 0 Å². The Morgan fingerprint density at radius 3 is 2.73 bits per heavy atom. The van der Waals surface area contributed by atoms with Crippen molar-refractivity contribution in [2.24, 2.45) is 5.92 Å². The number of ether oxygens (including phenoxy) is 5. The van der Waals surface area contributed by atoms with Crippen LogP contribution < -0.4 is 0 Å². The normalized spacial score (nSPS) is 38.0. The summed E-state index contributed by atoms with van der Waals surface area (Å²) in [5, 5.41) is 0. The van der Waals surface area contributed by atoms with E-state index in [1.165, 1.54) is 0 Å². The number of hydrogen-bond acceptors (Lipinski definition) is 5. The fourth-order valence-corrected chi connectivity index (χ4v) is 2.16. The van der Waals surface area contributed by atoms with Gasteiger partial charge in [0.05, 0.1) is 18.8 Å². The third-order valence-electron chi connectivity index (χ3n) is 2.86. The van der Waals surface area contributed by atoms with Crippen LogP contribution in [0.25, 0.3) is 0 Å². The minimum atomic E-state index is 0.117. The van der Waals surface area contributed by atoms with Gasteiger partial charge in [0.25, 0.3) is 0 Å². The highest BCUT2D eigenvalue weighted by Crippen LogP contribution is 2.44. The van der Waals surface area contributed by atoms with E-state index >= 15 is 0 Å². The Bertz CT molecular complexity index is 198. The molecular weight excluding hydrogens is 200 g/mol. The summed E-state index contributed by atoms with van der Waals surface area (Å²) < 4.78 is 26.1. The van der Waals surface area contributed by atoms with Gasteiger partial charge in [-0.25, -0.2) is 0 Å². The predicted molar refractivity (Wildman–Crippen MR) is 51.3 cm³/mol. The Balaban J connectivity index is 1.72. The van der Waals surface area contributed by atoms with E-state index in [1.807, 2.05) is 0 Å². The zero-order chi connectivity index (χ0) is 10.7. The van der Waals surface area contributed by atoms with Crippen molar-refractivity contribution in [2.75, 3.05) is 34.4 Å². The summed E-state index contributed by atoms with van der Waals surface area (Å²) in [5.41, 5.74) is 0. The lowest BCUT2D eigenvalue weighted by atomic mass is 10.1. The molecule has 0 aromatic heterocycles. The molecule has 1 aliphatic carbocycles. The molecule has 1 aliphatic heterocycles. The maximum absolute atomic E-state index is 5.58. The van der Waals surface area contributed by atoms with Gasteiger partial charge in [0, 0.05) is 20.1 Å². The van der Waals surface area contributed by atoms with Gasteiger partial charge in [0.2, 0.25) is 0 Å². The highest BCUT2D eigenvalue weighted by atomic mass is 16.7. The fourth-order valence-electron chi connectivity index (χ4n) is 2.16. The lowest BCUT2D eigenvalue weighted by Crippen LogP contribution is -2.29. The van der Waals surface area contributed by atoms with Crippen LogP contribution in [0.3, 0.4) is 0 Å². The maximum Gasteiger partial charge on any atom is 0.146 e. The van der Waals surface area contributed by atoms with E-state index in [4.69, 9.17) is 23.7 Å². The zero-order valence-corrected chi connectivity index (χ0v) is 9.18. The second-order valence-electron chi connectivity index (χ2n) is 3.95. The molecule has 2 fully saturated rings. The van der Waals surface area contributed by atoms with Gasteiger partial charge < -0.3 is 23.7 Å². The highest BCUT2D eigenvalue weighted by molar-refractivity contribution is 5.03. The topological polar surface area (TPSA) is 49.5 Å². The van der Waals surface area contributed by atoms with E-state index in [1.54, 1.807) is 14.2 Å². The minimum absolute atomic E-state index is 0.117. The molecule has 2 aliphatic rings. The van der Waals surface area contributed by atoms with Crippen LogP contribution in [0, 0.1) is 5.92 Å². The molecule has 1 heterocycles. The van der Waals surface area contributed by atoms with E-state index in [2.05, 4.69) is 0 Å². The smallest absolute Gasteiger partial charge is 0.146 e. The van der Waals surface area contributed by atoms with Crippen LogP contribution in [0.5, 0.6) is 0 Å². The van der Waals surface area contributed by atoms with Gasteiger partial charge in [0.15, 0.2) is 0 Å². The van der Waals surface area contributed by atoms with Gasteiger partial charge in [-0.3, -0.25) is 0 Å². The number of fused-ring (bicyclic) bond motifs is 1. The average Bonchev–Trinajstić information content (AvgIpc) is 2.91. The van der Waals surface area contributed by atoms with Crippen molar-refractivity contribution in [2.45, 2.75) is 24.7 Å². The molecule has 4 atom stereocenters. The summed E-state index contributed by atoms with van der Waals surface area (Å²) in [6.45, 7) is 1.32. The van der Waals surface area contributed by atoms with E-state index in [0.29, 0.717) is 32.2 Å². The van der Waals surface area contributed by atoms with E-state index in [9.17, 15) is 0 Å². The maximum atomic E-state index is 5.58. The molecule has 0 N–H and O–H groups in total. The lowest BCUT2D eigenvalue weighted by Gasteiger charge is -2.21. The number of rotatable bonds is 7. The molecule has 0 aromatic carbocycles. The summed E-state index contributed by atoms with van der Waals surface area (Å²) in [5.74, 6) is 0.402. The first kappa shape index (κ1) is 11.3.